The van der Waals surface area contributed by atoms with Gasteiger partial charge in [0.1, 0.15) is 6.02 Å². The summed E-state index contributed by atoms with van der Waals surface area (Å²) in [5.74, 6) is -1.79. The first-order chi connectivity index (χ1) is 18.1. The van der Waals surface area contributed by atoms with Gasteiger partial charge in [-0.1, -0.05) is 30.2 Å². The molecule has 33 heavy (non-hydrogen) atoms. The average Bonchev–Trinajstić information content (AvgIpc) is 3.26. The minimum atomic E-state index is -1.90. The van der Waals surface area contributed by atoms with Crippen LogP contribution in [0, 0.1) is 0 Å². The van der Waals surface area contributed by atoms with Gasteiger partial charge in [-0.15, -0.1) is 0 Å². The molecule has 0 saturated carbocycles. The molecule has 0 unspecified atom stereocenters. The van der Waals surface area contributed by atoms with E-state index in [0.717, 1.165) is 4.90 Å². The highest BCUT2D eigenvalue weighted by molar-refractivity contribution is 6.06. The number of fused-ring (bicyclic) bond motifs is 1. The smallest absolute Gasteiger partial charge is 0.255 e. The van der Waals surface area contributed by atoms with Crippen molar-refractivity contribution in [1.82, 2.24) is 15.1 Å². The van der Waals surface area contributed by atoms with Crippen molar-refractivity contribution < 1.29 is 26.0 Å². The number of carbonyl (C=O) groups is 3. The van der Waals surface area contributed by atoms with Gasteiger partial charge in [0.2, 0.25) is 11.8 Å². The van der Waals surface area contributed by atoms with Crippen molar-refractivity contribution in [2.24, 2.45) is 0 Å². The van der Waals surface area contributed by atoms with Gasteiger partial charge in [0.05, 0.1) is 20.1 Å². The van der Waals surface area contributed by atoms with Crippen LogP contribution in [0.15, 0.2) is 42.4 Å². The SMILES string of the molecule is [2H]c1c([2H])c(CN2CCOCC2)c([2H])c([2H])c1CNc1cccc2c1CN([C@]1([2H])CCC(=O)NC1=O)C2=O. The maximum atomic E-state index is 13.1. The van der Waals surface area contributed by atoms with Crippen LogP contribution in [0.2, 0.25) is 0 Å². The van der Waals surface area contributed by atoms with E-state index < -0.39 is 23.7 Å². The second-order valence-electron chi connectivity index (χ2n) is 8.25. The molecule has 3 amide bonds. The molecule has 0 spiro atoms. The van der Waals surface area contributed by atoms with Crippen LogP contribution in [-0.2, 0) is 34.0 Å². The maximum Gasteiger partial charge on any atom is 0.255 e. The maximum absolute atomic E-state index is 13.1. The summed E-state index contributed by atoms with van der Waals surface area (Å²) in [4.78, 5) is 40.4. The Morgan fingerprint density at radius 3 is 2.64 bits per heavy atom. The Bertz CT molecular complexity index is 1300. The summed E-state index contributed by atoms with van der Waals surface area (Å²) in [6, 6.07) is 2.67. The van der Waals surface area contributed by atoms with E-state index in [-0.39, 0.29) is 55.7 Å². The number of amides is 3. The van der Waals surface area contributed by atoms with Crippen molar-refractivity contribution in [2.45, 2.75) is 38.5 Å². The Labute approximate surface area is 199 Å². The molecule has 1 atom stereocenters. The monoisotopic (exact) mass is 453 g/mol. The van der Waals surface area contributed by atoms with Crippen molar-refractivity contribution in [1.29, 1.82) is 0 Å². The molecule has 0 aliphatic carbocycles. The second-order valence-corrected chi connectivity index (χ2v) is 8.25. The first-order valence-corrected chi connectivity index (χ1v) is 11.0. The van der Waals surface area contributed by atoms with Gasteiger partial charge < -0.3 is 15.0 Å². The first kappa shape index (κ1) is 16.4. The number of anilines is 1. The Hall–Kier alpha value is -3.23. The van der Waals surface area contributed by atoms with Crippen LogP contribution in [0.25, 0.3) is 0 Å². The molecular weight excluding hydrogens is 420 g/mol. The van der Waals surface area contributed by atoms with Gasteiger partial charge in [-0.2, -0.15) is 0 Å². The zero-order valence-corrected chi connectivity index (χ0v) is 18.1. The largest absolute Gasteiger partial charge is 0.381 e. The highest BCUT2D eigenvalue weighted by atomic mass is 16.5. The van der Waals surface area contributed by atoms with Crippen LogP contribution in [0.5, 0.6) is 0 Å². The third-order valence-corrected chi connectivity index (χ3v) is 6.07. The zero-order valence-electron chi connectivity index (χ0n) is 23.1. The molecule has 2 aromatic carbocycles. The number of imide groups is 1. The quantitative estimate of drug-likeness (QED) is 0.650. The third kappa shape index (κ3) is 4.62. The summed E-state index contributed by atoms with van der Waals surface area (Å²) >= 11 is 0. The van der Waals surface area contributed by atoms with Crippen LogP contribution in [0.3, 0.4) is 0 Å². The van der Waals surface area contributed by atoms with Gasteiger partial charge in [-0.25, -0.2) is 0 Å². The number of benzene rings is 2. The fraction of sp³-hybridized carbons (Fsp3) is 0.400. The number of carbonyl (C=O) groups excluding carboxylic acids is 3. The molecule has 2 fully saturated rings. The fourth-order valence-corrected chi connectivity index (χ4v) is 4.28. The summed E-state index contributed by atoms with van der Waals surface area (Å²) in [5, 5.41) is 5.29. The summed E-state index contributed by atoms with van der Waals surface area (Å²) in [5.41, 5.74) is 1.97. The zero-order chi connectivity index (χ0) is 27.2. The van der Waals surface area contributed by atoms with E-state index in [1.807, 2.05) is 4.90 Å². The number of morpholine rings is 1. The molecule has 3 aliphatic rings. The summed E-state index contributed by atoms with van der Waals surface area (Å²) in [7, 11) is 0. The van der Waals surface area contributed by atoms with Gasteiger partial charge >= 0.3 is 0 Å². The van der Waals surface area contributed by atoms with Crippen LogP contribution >= 0.6 is 0 Å². The standard InChI is InChI=1S/C25H28N4O4/c30-23-9-8-22(24(31)27-23)29-16-20-19(25(29)32)2-1-3-21(20)26-14-17-4-6-18(7-5-17)15-28-10-12-33-13-11-28/h1-7,22,26H,8-16H2,(H,27,30,31)/t22-/m1/s1/i4D,5D,6D,7D,22D. The first-order valence-electron chi connectivity index (χ1n) is 13.5. The molecular formula is C25H28N4O4. The van der Waals surface area contributed by atoms with E-state index >= 15 is 0 Å². The predicted octanol–water partition coefficient (Wildman–Crippen LogP) is 1.89. The van der Waals surface area contributed by atoms with Crippen LogP contribution in [-0.4, -0.2) is 59.8 Å². The molecule has 5 rings (SSSR count). The molecule has 2 N–H and O–H groups in total. The van der Waals surface area contributed by atoms with Crippen molar-refractivity contribution >= 4 is 23.4 Å². The van der Waals surface area contributed by atoms with Crippen molar-refractivity contribution in [3.63, 3.8) is 0 Å². The van der Waals surface area contributed by atoms with Crippen LogP contribution in [0.4, 0.5) is 5.69 Å². The Kier molecular flexibility index (Phi) is 4.63. The van der Waals surface area contributed by atoms with Crippen LogP contribution in [0.1, 0.15) is 46.7 Å². The Morgan fingerprint density at radius 2 is 1.88 bits per heavy atom. The highest BCUT2D eigenvalue weighted by Gasteiger charge is 2.39. The predicted molar refractivity (Wildman–Crippen MR) is 122 cm³/mol. The van der Waals surface area contributed by atoms with Gasteiger partial charge in [-0.3, -0.25) is 24.6 Å². The lowest BCUT2D eigenvalue weighted by atomic mass is 10.0. The number of hydrogen-bond donors (Lipinski definition) is 2. The number of ether oxygens (including phenoxy) is 1. The van der Waals surface area contributed by atoms with Crippen LogP contribution < -0.4 is 10.6 Å². The number of hydrogen-bond acceptors (Lipinski definition) is 6. The van der Waals surface area contributed by atoms with Gasteiger partial charge in [0, 0.05) is 56.0 Å². The average molecular weight is 454 g/mol. The molecule has 172 valence electrons. The summed E-state index contributed by atoms with van der Waals surface area (Å²) in [6.07, 6.45) is -0.134. The molecule has 2 saturated heterocycles. The van der Waals surface area contributed by atoms with Gasteiger partial charge in [-0.05, 0) is 29.7 Å². The topological polar surface area (TPSA) is 91.0 Å². The van der Waals surface area contributed by atoms with E-state index in [2.05, 4.69) is 10.6 Å². The molecule has 3 aliphatic heterocycles. The van der Waals surface area contributed by atoms with E-state index in [1.165, 1.54) is 0 Å². The van der Waals surface area contributed by atoms with Crippen molar-refractivity contribution in [3.05, 3.63) is 64.6 Å². The summed E-state index contributed by atoms with van der Waals surface area (Å²) < 4.78 is 48.1. The number of rotatable bonds is 6. The normalized spacial score (nSPS) is 25.5. The lowest BCUT2D eigenvalue weighted by Crippen LogP contribution is -2.52. The Morgan fingerprint density at radius 1 is 1.12 bits per heavy atom. The Balaban J connectivity index is 1.37. The molecule has 0 bridgehead atoms. The number of nitrogens with one attached hydrogen (secondary N) is 2. The lowest BCUT2D eigenvalue weighted by Gasteiger charge is -2.29. The highest BCUT2D eigenvalue weighted by Crippen LogP contribution is 2.32. The molecule has 3 heterocycles. The third-order valence-electron chi connectivity index (χ3n) is 6.07. The van der Waals surface area contributed by atoms with Gasteiger partial charge in [0.25, 0.3) is 5.91 Å². The molecule has 0 radical (unpaired) electrons. The van der Waals surface area contributed by atoms with E-state index in [9.17, 15) is 14.4 Å². The number of nitrogens with zero attached hydrogens (tertiary/aromatic N) is 2. The van der Waals surface area contributed by atoms with Crippen molar-refractivity contribution in [3.8, 4) is 0 Å². The minimum absolute atomic E-state index is 0.0150. The molecule has 8 nitrogen and oxygen atoms in total. The fourth-order valence-electron chi connectivity index (χ4n) is 4.28. The molecule has 8 heteroatoms. The summed E-state index contributed by atoms with van der Waals surface area (Å²) in [6.45, 7) is 2.73. The van der Waals surface area contributed by atoms with Gasteiger partial charge in [0.15, 0.2) is 0 Å². The van der Waals surface area contributed by atoms with E-state index in [1.54, 1.807) is 18.2 Å². The van der Waals surface area contributed by atoms with Crippen molar-refractivity contribution in [2.75, 3.05) is 31.6 Å². The second kappa shape index (κ2) is 9.33. The molecule has 2 aromatic rings. The molecule has 0 aromatic heterocycles. The van der Waals surface area contributed by atoms with E-state index in [0.29, 0.717) is 55.2 Å². The van der Waals surface area contributed by atoms with E-state index in [4.69, 9.17) is 11.6 Å². The lowest BCUT2D eigenvalue weighted by molar-refractivity contribution is -0.136. The number of piperidine rings is 1. The minimum Gasteiger partial charge on any atom is -0.381 e.